The maximum absolute atomic E-state index is 12.1. The second-order valence-corrected chi connectivity index (χ2v) is 6.12. The van der Waals surface area contributed by atoms with E-state index in [1.807, 2.05) is 51.1 Å². The van der Waals surface area contributed by atoms with Crippen molar-refractivity contribution >= 4 is 18.3 Å². The molecular weight excluding hydrogens is 288 g/mol. The molecular formula is C16H27ClN2O2. The van der Waals surface area contributed by atoms with Crippen LogP contribution in [0.3, 0.4) is 0 Å². The number of carbonyl (C=O) groups is 1. The van der Waals surface area contributed by atoms with Gasteiger partial charge in [0, 0.05) is 13.6 Å². The van der Waals surface area contributed by atoms with Crippen LogP contribution in [0.1, 0.15) is 27.2 Å². The van der Waals surface area contributed by atoms with Gasteiger partial charge in [0.1, 0.15) is 5.75 Å². The summed E-state index contributed by atoms with van der Waals surface area (Å²) in [4.78, 5) is 13.8. The van der Waals surface area contributed by atoms with Crippen LogP contribution in [0.4, 0.5) is 0 Å². The summed E-state index contributed by atoms with van der Waals surface area (Å²) in [6, 6.07) is 9.20. The number of rotatable bonds is 6. The third kappa shape index (κ3) is 6.82. The molecule has 0 saturated heterocycles. The normalized spacial score (nSPS) is 12.2. The van der Waals surface area contributed by atoms with Gasteiger partial charge in [-0.2, -0.15) is 0 Å². The zero-order valence-corrected chi connectivity index (χ0v) is 14.2. The average molecular weight is 315 g/mol. The van der Waals surface area contributed by atoms with Gasteiger partial charge in [0.05, 0.1) is 12.6 Å². The Balaban J connectivity index is 0.00000400. The third-order valence-electron chi connectivity index (χ3n) is 3.23. The van der Waals surface area contributed by atoms with Gasteiger partial charge in [-0.15, -0.1) is 12.4 Å². The topological polar surface area (TPSA) is 55.6 Å². The Bertz CT molecular complexity index is 418. The lowest BCUT2D eigenvalue weighted by atomic mass is 9.86. The highest BCUT2D eigenvalue weighted by atomic mass is 35.5. The Kier molecular flexibility index (Phi) is 8.37. The van der Waals surface area contributed by atoms with Crippen LogP contribution in [-0.4, -0.2) is 37.0 Å². The van der Waals surface area contributed by atoms with E-state index in [1.54, 1.807) is 11.9 Å². The van der Waals surface area contributed by atoms with Crippen LogP contribution in [-0.2, 0) is 4.79 Å². The van der Waals surface area contributed by atoms with Crippen molar-refractivity contribution < 1.29 is 9.53 Å². The number of halogens is 1. The highest BCUT2D eigenvalue weighted by Crippen LogP contribution is 2.18. The van der Waals surface area contributed by atoms with Crippen molar-refractivity contribution in [2.24, 2.45) is 11.1 Å². The largest absolute Gasteiger partial charge is 0.494 e. The van der Waals surface area contributed by atoms with Gasteiger partial charge in [0.25, 0.3) is 0 Å². The number of benzene rings is 1. The molecule has 2 N–H and O–H groups in total. The molecule has 0 aliphatic heterocycles. The van der Waals surface area contributed by atoms with Crippen molar-refractivity contribution in [2.75, 3.05) is 20.2 Å². The third-order valence-corrected chi connectivity index (χ3v) is 3.23. The average Bonchev–Trinajstić information content (AvgIpc) is 2.41. The van der Waals surface area contributed by atoms with E-state index < -0.39 is 6.04 Å². The summed E-state index contributed by atoms with van der Waals surface area (Å²) in [7, 11) is 1.79. The van der Waals surface area contributed by atoms with E-state index in [-0.39, 0.29) is 23.7 Å². The van der Waals surface area contributed by atoms with Gasteiger partial charge in [-0.05, 0) is 24.0 Å². The van der Waals surface area contributed by atoms with E-state index in [1.165, 1.54) is 0 Å². The van der Waals surface area contributed by atoms with Crippen molar-refractivity contribution in [2.45, 2.75) is 33.2 Å². The molecule has 0 aromatic heterocycles. The lowest BCUT2D eigenvalue weighted by Gasteiger charge is -2.30. The Morgan fingerprint density at radius 3 is 2.38 bits per heavy atom. The van der Waals surface area contributed by atoms with Gasteiger partial charge in [-0.3, -0.25) is 4.79 Å². The fourth-order valence-electron chi connectivity index (χ4n) is 1.73. The smallest absolute Gasteiger partial charge is 0.239 e. The van der Waals surface area contributed by atoms with Crippen LogP contribution in [0.15, 0.2) is 30.3 Å². The van der Waals surface area contributed by atoms with Crippen molar-refractivity contribution in [3.05, 3.63) is 30.3 Å². The molecule has 0 saturated carbocycles. The molecule has 0 aliphatic rings. The minimum absolute atomic E-state index is 0. The standard InChI is InChI=1S/C16H26N2O2.ClH/c1-16(2,3)14(17)15(19)18(4)11-8-12-20-13-9-6-5-7-10-13;/h5-7,9-10,14H,8,11-12,17H2,1-4H3;1H/t14-;/m1./s1. The summed E-state index contributed by atoms with van der Waals surface area (Å²) in [5, 5.41) is 0. The molecule has 0 radical (unpaired) electrons. The number of nitrogens with zero attached hydrogens (tertiary/aromatic N) is 1. The Hall–Kier alpha value is -1.26. The molecule has 21 heavy (non-hydrogen) atoms. The first-order valence-electron chi connectivity index (χ1n) is 7.01. The van der Waals surface area contributed by atoms with Gasteiger partial charge in [0.15, 0.2) is 0 Å². The van der Waals surface area contributed by atoms with Gasteiger partial charge in [-0.25, -0.2) is 0 Å². The van der Waals surface area contributed by atoms with Crippen molar-refractivity contribution in [1.29, 1.82) is 0 Å². The lowest BCUT2D eigenvalue weighted by Crippen LogP contribution is -2.49. The Morgan fingerprint density at radius 2 is 1.86 bits per heavy atom. The molecule has 5 heteroatoms. The molecule has 1 aromatic carbocycles. The van der Waals surface area contributed by atoms with Crippen molar-refractivity contribution in [1.82, 2.24) is 4.90 Å². The fraction of sp³-hybridized carbons (Fsp3) is 0.562. The Labute approximate surface area is 134 Å². The molecule has 0 bridgehead atoms. The van der Waals surface area contributed by atoms with Gasteiger partial charge >= 0.3 is 0 Å². The Morgan fingerprint density at radius 1 is 1.29 bits per heavy atom. The summed E-state index contributed by atoms with van der Waals surface area (Å²) in [6.07, 6.45) is 0.786. The number of carbonyl (C=O) groups excluding carboxylic acids is 1. The van der Waals surface area contributed by atoms with E-state index in [0.29, 0.717) is 13.2 Å². The summed E-state index contributed by atoms with van der Waals surface area (Å²) in [5.41, 5.74) is 5.75. The molecule has 1 aromatic rings. The second-order valence-electron chi connectivity index (χ2n) is 6.12. The first kappa shape index (κ1) is 19.7. The van der Waals surface area contributed by atoms with Crippen LogP contribution in [0.25, 0.3) is 0 Å². The molecule has 1 rings (SSSR count). The monoisotopic (exact) mass is 314 g/mol. The second kappa shape index (κ2) is 8.90. The molecule has 1 atom stereocenters. The SMILES string of the molecule is CN(CCCOc1ccccc1)C(=O)[C@@H](N)C(C)(C)C.Cl. The molecule has 1 amide bonds. The molecule has 120 valence electrons. The predicted molar refractivity (Wildman–Crippen MR) is 88.9 cm³/mol. The van der Waals surface area contributed by atoms with E-state index in [0.717, 1.165) is 12.2 Å². The van der Waals surface area contributed by atoms with Crippen LogP contribution in [0.5, 0.6) is 5.75 Å². The predicted octanol–water partition coefficient (Wildman–Crippen LogP) is 2.71. The summed E-state index contributed by atoms with van der Waals surface area (Å²) < 4.78 is 5.59. The number of amides is 1. The molecule has 0 unspecified atom stereocenters. The lowest BCUT2D eigenvalue weighted by molar-refractivity contribution is -0.133. The number of para-hydroxylation sites is 1. The van der Waals surface area contributed by atoms with Crippen molar-refractivity contribution in [3.63, 3.8) is 0 Å². The maximum Gasteiger partial charge on any atom is 0.239 e. The van der Waals surface area contributed by atoms with Crippen LogP contribution in [0.2, 0.25) is 0 Å². The highest BCUT2D eigenvalue weighted by Gasteiger charge is 2.29. The summed E-state index contributed by atoms with van der Waals surface area (Å²) >= 11 is 0. The first-order valence-corrected chi connectivity index (χ1v) is 7.01. The number of likely N-dealkylation sites (N-methyl/N-ethyl adjacent to an activating group) is 1. The summed E-state index contributed by atoms with van der Waals surface area (Å²) in [6.45, 7) is 7.16. The molecule has 0 aliphatic carbocycles. The number of hydrogen-bond donors (Lipinski definition) is 1. The van der Waals surface area contributed by atoms with Gasteiger partial charge in [-0.1, -0.05) is 39.0 Å². The van der Waals surface area contributed by atoms with Gasteiger partial charge < -0.3 is 15.4 Å². The first-order chi connectivity index (χ1) is 9.32. The van der Waals surface area contributed by atoms with E-state index in [4.69, 9.17) is 10.5 Å². The van der Waals surface area contributed by atoms with Crippen LogP contribution < -0.4 is 10.5 Å². The van der Waals surface area contributed by atoms with Crippen LogP contribution >= 0.6 is 12.4 Å². The van der Waals surface area contributed by atoms with E-state index in [2.05, 4.69) is 0 Å². The number of nitrogens with two attached hydrogens (primary N) is 1. The quantitative estimate of drug-likeness (QED) is 0.821. The molecule has 0 fully saturated rings. The van der Waals surface area contributed by atoms with Crippen molar-refractivity contribution in [3.8, 4) is 5.75 Å². The highest BCUT2D eigenvalue weighted by molar-refractivity contribution is 5.85. The minimum atomic E-state index is -0.470. The van der Waals surface area contributed by atoms with Crippen LogP contribution in [0, 0.1) is 5.41 Å². The van der Waals surface area contributed by atoms with E-state index in [9.17, 15) is 4.79 Å². The minimum Gasteiger partial charge on any atom is -0.494 e. The summed E-state index contributed by atoms with van der Waals surface area (Å²) in [5.74, 6) is 0.838. The molecule has 4 nitrogen and oxygen atoms in total. The maximum atomic E-state index is 12.1. The van der Waals surface area contributed by atoms with E-state index >= 15 is 0 Å². The zero-order valence-electron chi connectivity index (χ0n) is 13.3. The zero-order chi connectivity index (χ0) is 15.2. The van der Waals surface area contributed by atoms with Gasteiger partial charge in [0.2, 0.25) is 5.91 Å². The molecule has 0 spiro atoms. The number of ether oxygens (including phenoxy) is 1. The molecule has 0 heterocycles. The fourth-order valence-corrected chi connectivity index (χ4v) is 1.73. The number of hydrogen-bond acceptors (Lipinski definition) is 3.